The van der Waals surface area contributed by atoms with Crippen molar-refractivity contribution in [2.24, 2.45) is 21.8 Å². The standard InChI is InChI=1S/C23H31ClN6O2/c24-20-5-3-17(12-18(20)4-6-22(31)21-15-32-23(29-21)30-26)19(13-25)14-28-11-8-16-2-1-9-27-10-7-16/h3,5,12-16,22,26-27,31H,1-2,4,6-11,25H2. The number of halogens is 1. The van der Waals surface area contributed by atoms with E-state index in [1.807, 2.05) is 24.4 Å². The van der Waals surface area contributed by atoms with Crippen molar-refractivity contribution in [3.63, 3.8) is 0 Å². The largest absolute Gasteiger partial charge is 0.429 e. The molecule has 2 atom stereocenters. The zero-order valence-electron chi connectivity index (χ0n) is 18.1. The van der Waals surface area contributed by atoms with E-state index in [9.17, 15) is 5.11 Å². The fourth-order valence-corrected chi connectivity index (χ4v) is 4.09. The third kappa shape index (κ3) is 6.98. The number of nitrogens with two attached hydrogens (primary N) is 1. The van der Waals surface area contributed by atoms with Crippen LogP contribution in [0.15, 0.2) is 45.2 Å². The van der Waals surface area contributed by atoms with Gasteiger partial charge in [0.05, 0.1) is 6.10 Å². The van der Waals surface area contributed by atoms with Gasteiger partial charge in [0.25, 0.3) is 0 Å². The lowest BCUT2D eigenvalue weighted by atomic mass is 9.97. The average molecular weight is 459 g/mol. The molecule has 0 amide bonds. The molecule has 1 aromatic carbocycles. The molecule has 1 aliphatic heterocycles. The third-order valence-electron chi connectivity index (χ3n) is 5.78. The van der Waals surface area contributed by atoms with Gasteiger partial charge in [-0.2, -0.15) is 10.5 Å². The van der Waals surface area contributed by atoms with Crippen molar-refractivity contribution in [3.05, 3.63) is 52.5 Å². The van der Waals surface area contributed by atoms with E-state index in [2.05, 4.69) is 20.4 Å². The molecule has 9 heteroatoms. The molecule has 1 aliphatic rings. The van der Waals surface area contributed by atoms with Crippen LogP contribution in [0.5, 0.6) is 0 Å². The van der Waals surface area contributed by atoms with Crippen molar-refractivity contribution in [1.82, 2.24) is 10.3 Å². The molecule has 0 spiro atoms. The van der Waals surface area contributed by atoms with Gasteiger partial charge < -0.3 is 20.6 Å². The molecule has 32 heavy (non-hydrogen) atoms. The number of aromatic nitrogens is 1. The zero-order valence-corrected chi connectivity index (χ0v) is 18.9. The molecule has 1 aromatic heterocycles. The van der Waals surface area contributed by atoms with Crippen molar-refractivity contribution >= 4 is 29.4 Å². The molecule has 1 fully saturated rings. The Balaban J connectivity index is 1.57. The first-order valence-corrected chi connectivity index (χ1v) is 11.4. The van der Waals surface area contributed by atoms with E-state index >= 15 is 0 Å². The smallest absolute Gasteiger partial charge is 0.340 e. The molecule has 3 rings (SSSR count). The summed E-state index contributed by atoms with van der Waals surface area (Å²) in [5.41, 5.74) is 15.8. The summed E-state index contributed by atoms with van der Waals surface area (Å²) in [5, 5.41) is 17.5. The number of aryl methyl sites for hydroxylation is 1. The van der Waals surface area contributed by atoms with Gasteiger partial charge in [0.15, 0.2) is 0 Å². The number of hydrogen-bond acceptors (Lipinski definition) is 8. The van der Waals surface area contributed by atoms with Gasteiger partial charge in [-0.3, -0.25) is 4.99 Å². The fourth-order valence-electron chi connectivity index (χ4n) is 3.88. The molecule has 172 valence electrons. The predicted octanol–water partition coefficient (Wildman–Crippen LogP) is 4.81. The van der Waals surface area contributed by atoms with E-state index < -0.39 is 6.10 Å². The van der Waals surface area contributed by atoms with E-state index in [1.165, 1.54) is 25.5 Å². The fraction of sp³-hybridized carbons (Fsp3) is 0.478. The monoisotopic (exact) mass is 458 g/mol. The normalized spacial score (nSPS) is 18.6. The number of aliphatic imine (C=N–C) groups is 1. The van der Waals surface area contributed by atoms with E-state index in [0.717, 1.165) is 48.7 Å². The average Bonchev–Trinajstić information content (AvgIpc) is 3.15. The highest BCUT2D eigenvalue weighted by Crippen LogP contribution is 2.26. The van der Waals surface area contributed by atoms with Crippen LogP contribution in [0.1, 0.15) is 55.0 Å². The number of hydrogen-bond donors (Lipinski definition) is 4. The number of aliphatic hydroxyl groups excluding tert-OH is 1. The van der Waals surface area contributed by atoms with Crippen molar-refractivity contribution < 1.29 is 9.52 Å². The van der Waals surface area contributed by atoms with Crippen LogP contribution in [0.3, 0.4) is 0 Å². The molecule has 0 bridgehead atoms. The Bertz CT molecular complexity index is 934. The summed E-state index contributed by atoms with van der Waals surface area (Å²) in [6.45, 7) is 3.01. The van der Waals surface area contributed by atoms with Crippen LogP contribution in [-0.2, 0) is 6.42 Å². The second kappa shape index (κ2) is 12.5. The number of aliphatic hydroxyl groups is 1. The molecule has 2 unspecified atom stereocenters. The Hall–Kier alpha value is -2.55. The van der Waals surface area contributed by atoms with Gasteiger partial charge in [0.1, 0.15) is 12.0 Å². The summed E-state index contributed by atoms with van der Waals surface area (Å²) in [6.07, 6.45) is 9.63. The number of benzene rings is 1. The highest BCUT2D eigenvalue weighted by molar-refractivity contribution is 6.31. The lowest BCUT2D eigenvalue weighted by Gasteiger charge is -2.12. The molecular weight excluding hydrogens is 428 g/mol. The predicted molar refractivity (Wildman–Crippen MR) is 126 cm³/mol. The Morgan fingerprint density at radius 3 is 3.06 bits per heavy atom. The first kappa shape index (κ1) is 24.1. The molecule has 0 saturated carbocycles. The molecule has 2 aromatic rings. The second-order valence-corrected chi connectivity index (χ2v) is 8.43. The summed E-state index contributed by atoms with van der Waals surface area (Å²) >= 11 is 6.38. The third-order valence-corrected chi connectivity index (χ3v) is 6.15. The van der Waals surface area contributed by atoms with Gasteiger partial charge >= 0.3 is 6.01 Å². The van der Waals surface area contributed by atoms with Crippen LogP contribution >= 0.6 is 11.6 Å². The first-order valence-electron chi connectivity index (χ1n) is 11.0. The Morgan fingerprint density at radius 1 is 1.41 bits per heavy atom. The number of allylic oxidation sites excluding steroid dienone is 1. The van der Waals surface area contributed by atoms with Gasteiger partial charge in [0, 0.05) is 29.6 Å². The molecule has 2 heterocycles. The summed E-state index contributed by atoms with van der Waals surface area (Å²) in [6, 6.07) is 5.65. The van der Waals surface area contributed by atoms with Gasteiger partial charge in [0.2, 0.25) is 0 Å². The maximum absolute atomic E-state index is 10.3. The van der Waals surface area contributed by atoms with Gasteiger partial charge in [-0.25, -0.2) is 0 Å². The summed E-state index contributed by atoms with van der Waals surface area (Å²) in [5.74, 6) is 0.733. The number of nitrogens with zero attached hydrogens (tertiary/aromatic N) is 3. The Labute approximate surface area is 193 Å². The minimum absolute atomic E-state index is 0.0770. The SMILES string of the molecule is N=Nc1nc(C(O)CCc2cc(C(C=NCCC3CCCNCC3)=CN)ccc2Cl)co1. The second-order valence-electron chi connectivity index (χ2n) is 8.02. The van der Waals surface area contributed by atoms with E-state index in [0.29, 0.717) is 23.6 Å². The molecule has 5 N–H and O–H groups in total. The zero-order chi connectivity index (χ0) is 22.8. The molecule has 0 radical (unpaired) electrons. The van der Waals surface area contributed by atoms with E-state index in [-0.39, 0.29) is 6.01 Å². The van der Waals surface area contributed by atoms with Gasteiger partial charge in [-0.05, 0) is 80.8 Å². The maximum Gasteiger partial charge on any atom is 0.340 e. The number of oxazole rings is 1. The van der Waals surface area contributed by atoms with Gasteiger partial charge in [-0.1, -0.05) is 17.7 Å². The number of rotatable bonds is 10. The molecule has 8 nitrogen and oxygen atoms in total. The lowest BCUT2D eigenvalue weighted by Crippen LogP contribution is -2.14. The van der Waals surface area contributed by atoms with Crippen molar-refractivity contribution in [2.45, 2.75) is 44.6 Å². The minimum Gasteiger partial charge on any atom is -0.429 e. The van der Waals surface area contributed by atoms with Crippen LogP contribution in [0.4, 0.5) is 6.01 Å². The highest BCUT2D eigenvalue weighted by atomic mass is 35.5. The summed E-state index contributed by atoms with van der Waals surface area (Å²) < 4.78 is 4.98. The Kier molecular flexibility index (Phi) is 9.40. The summed E-state index contributed by atoms with van der Waals surface area (Å²) in [4.78, 5) is 8.56. The summed E-state index contributed by atoms with van der Waals surface area (Å²) in [7, 11) is 0. The van der Waals surface area contributed by atoms with Crippen molar-refractivity contribution in [3.8, 4) is 0 Å². The van der Waals surface area contributed by atoms with E-state index in [1.54, 1.807) is 6.20 Å². The number of nitrogens with one attached hydrogen (secondary N) is 2. The van der Waals surface area contributed by atoms with Crippen LogP contribution in [-0.4, -0.2) is 35.9 Å². The highest BCUT2D eigenvalue weighted by Gasteiger charge is 2.15. The van der Waals surface area contributed by atoms with Crippen molar-refractivity contribution in [2.75, 3.05) is 19.6 Å². The van der Waals surface area contributed by atoms with Crippen LogP contribution in [0.25, 0.3) is 5.57 Å². The van der Waals surface area contributed by atoms with Gasteiger partial charge in [-0.15, -0.1) is 5.11 Å². The Morgan fingerprint density at radius 2 is 2.28 bits per heavy atom. The molecule has 0 aliphatic carbocycles. The van der Waals surface area contributed by atoms with Crippen LogP contribution in [0, 0.1) is 11.4 Å². The van der Waals surface area contributed by atoms with Crippen LogP contribution < -0.4 is 11.1 Å². The molecular formula is C23H31ClN6O2. The quantitative estimate of drug-likeness (QED) is 0.299. The maximum atomic E-state index is 10.3. The van der Waals surface area contributed by atoms with Crippen molar-refractivity contribution in [1.29, 1.82) is 5.53 Å². The van der Waals surface area contributed by atoms with Crippen LogP contribution in [0.2, 0.25) is 5.02 Å². The molecule has 1 saturated heterocycles. The lowest BCUT2D eigenvalue weighted by molar-refractivity contribution is 0.163. The van der Waals surface area contributed by atoms with E-state index in [4.69, 9.17) is 27.3 Å². The first-order chi connectivity index (χ1) is 15.6. The topological polar surface area (TPSA) is 133 Å². The minimum atomic E-state index is -0.834.